The number of phenolic OH excluding ortho intramolecular Hbond substituents is 1. The average Bonchev–Trinajstić information content (AvgIpc) is 3.60. The summed E-state index contributed by atoms with van der Waals surface area (Å²) < 4.78 is 0. The van der Waals surface area contributed by atoms with Crippen molar-refractivity contribution in [2.75, 3.05) is 6.54 Å². The van der Waals surface area contributed by atoms with Crippen LogP contribution in [-0.4, -0.2) is 48.8 Å². The lowest BCUT2D eigenvalue weighted by atomic mass is 9.85. The van der Waals surface area contributed by atoms with E-state index >= 15 is 0 Å². The van der Waals surface area contributed by atoms with Crippen LogP contribution in [0.2, 0.25) is 0 Å². The molecule has 0 aliphatic heterocycles. The fourth-order valence-corrected chi connectivity index (χ4v) is 6.49. The Morgan fingerprint density at radius 3 is 2.45 bits per heavy atom. The monoisotopic (exact) mass is 676 g/mol. The van der Waals surface area contributed by atoms with E-state index in [1.807, 2.05) is 18.2 Å². The first kappa shape index (κ1) is 33.2. The Morgan fingerprint density at radius 1 is 0.898 bits per heavy atom. The fourth-order valence-electron chi connectivity index (χ4n) is 5.55. The van der Waals surface area contributed by atoms with Gasteiger partial charge in [0.15, 0.2) is 0 Å². The van der Waals surface area contributed by atoms with E-state index in [9.17, 15) is 34.8 Å². The largest absolute Gasteiger partial charge is 0.506 e. The quantitative estimate of drug-likeness (QED) is 0.0985. The van der Waals surface area contributed by atoms with Crippen molar-refractivity contribution in [3.05, 3.63) is 153 Å². The van der Waals surface area contributed by atoms with Crippen molar-refractivity contribution in [2.45, 2.75) is 24.8 Å². The van der Waals surface area contributed by atoms with Gasteiger partial charge in [-0.2, -0.15) is 0 Å². The van der Waals surface area contributed by atoms with Gasteiger partial charge in [0.1, 0.15) is 5.75 Å². The minimum atomic E-state index is -2.21. The number of carbonyl (C=O) groups is 2. The van der Waals surface area contributed by atoms with Gasteiger partial charge in [0, 0.05) is 46.1 Å². The number of carboxylic acids is 1. The Morgan fingerprint density at radius 2 is 1.69 bits per heavy atom. The van der Waals surface area contributed by atoms with E-state index in [4.69, 9.17) is 0 Å². The van der Waals surface area contributed by atoms with E-state index in [0.717, 1.165) is 15.3 Å². The number of pyridine rings is 2. The first-order valence-electron chi connectivity index (χ1n) is 15.3. The highest BCUT2D eigenvalue weighted by Gasteiger charge is 2.40. The Bertz CT molecular complexity index is 2180. The van der Waals surface area contributed by atoms with Crippen molar-refractivity contribution in [1.29, 1.82) is 0 Å². The molecule has 6 rings (SSSR count). The minimum absolute atomic E-state index is 0.0795. The van der Waals surface area contributed by atoms with Gasteiger partial charge in [-0.25, -0.2) is 4.79 Å². The molecule has 11 nitrogen and oxygen atoms in total. The normalized spacial score (nSPS) is 13.1. The van der Waals surface area contributed by atoms with Gasteiger partial charge >= 0.3 is 5.97 Å². The number of carboxylic acid groups (broad SMARTS) is 1. The van der Waals surface area contributed by atoms with E-state index in [0.29, 0.717) is 28.8 Å². The highest BCUT2D eigenvalue weighted by molar-refractivity contribution is 7.15. The van der Waals surface area contributed by atoms with Crippen molar-refractivity contribution in [1.82, 2.24) is 20.6 Å². The van der Waals surface area contributed by atoms with Crippen LogP contribution in [0.1, 0.15) is 43.7 Å². The minimum Gasteiger partial charge on any atom is -0.506 e. The summed E-state index contributed by atoms with van der Waals surface area (Å²) in [5, 5.41) is 48.6. The number of benzene rings is 3. The molecule has 2 atom stereocenters. The summed E-state index contributed by atoms with van der Waals surface area (Å²) in [4.78, 5) is 45.4. The summed E-state index contributed by atoms with van der Waals surface area (Å²) in [7, 11) is 0. The van der Waals surface area contributed by atoms with E-state index in [1.54, 1.807) is 72.8 Å². The molecule has 49 heavy (non-hydrogen) atoms. The highest BCUT2D eigenvalue weighted by Crippen LogP contribution is 2.35. The van der Waals surface area contributed by atoms with Crippen LogP contribution in [0.4, 0.5) is 0 Å². The number of thiophene rings is 1. The van der Waals surface area contributed by atoms with Crippen molar-refractivity contribution >= 4 is 34.1 Å². The number of aliphatic carboxylic acids is 1. The zero-order valence-electron chi connectivity index (χ0n) is 26.0. The molecule has 1 amide bonds. The van der Waals surface area contributed by atoms with Crippen LogP contribution < -0.4 is 16.2 Å². The summed E-state index contributed by atoms with van der Waals surface area (Å²) >= 11 is 1.44. The first-order chi connectivity index (χ1) is 23.6. The standard InChI is InChI=1S/C37H32N4O7S/c42-30-14-12-28(29-13-16-33(44)41-34(29)30)31(43)21-38-19-26-10-9-23(18-39-26)35(45)40-20-27-11-15-32(49-27)22-5-4-8-25(17-22)37(48,36(46)47)24-6-2-1-3-7-24/h1-18,31,38,42-43,48H,19-21H2,(H,40,45)(H,41,44)(H,46,47). The van der Waals surface area contributed by atoms with Gasteiger partial charge in [-0.3, -0.25) is 14.6 Å². The number of nitrogens with zero attached hydrogens (tertiary/aromatic N) is 1. The van der Waals surface area contributed by atoms with Crippen LogP contribution in [-0.2, 0) is 23.5 Å². The van der Waals surface area contributed by atoms with E-state index in [2.05, 4.69) is 20.6 Å². The second-order valence-corrected chi connectivity index (χ2v) is 12.5. The Labute approximate surface area is 284 Å². The van der Waals surface area contributed by atoms with Crippen LogP contribution >= 0.6 is 11.3 Å². The van der Waals surface area contributed by atoms with Gasteiger partial charge in [-0.05, 0) is 59.2 Å². The fraction of sp³-hybridized carbons (Fsp3) is 0.135. The van der Waals surface area contributed by atoms with Crippen LogP contribution in [0.5, 0.6) is 5.75 Å². The number of aromatic nitrogens is 2. The molecule has 0 saturated carbocycles. The Kier molecular flexibility index (Phi) is 9.65. The summed E-state index contributed by atoms with van der Waals surface area (Å²) in [5.74, 6) is -1.75. The molecule has 0 bridgehead atoms. The maximum atomic E-state index is 12.9. The molecule has 0 aliphatic rings. The number of aliphatic hydroxyl groups is 2. The number of aliphatic hydroxyl groups excluding tert-OH is 1. The van der Waals surface area contributed by atoms with E-state index < -0.39 is 17.7 Å². The van der Waals surface area contributed by atoms with E-state index in [1.165, 1.54) is 29.7 Å². The van der Waals surface area contributed by atoms with Crippen LogP contribution in [0, 0.1) is 0 Å². The third-order valence-corrected chi connectivity index (χ3v) is 9.28. The number of rotatable bonds is 12. The molecule has 0 radical (unpaired) electrons. The second-order valence-electron chi connectivity index (χ2n) is 11.4. The Balaban J connectivity index is 1.03. The predicted octanol–water partition coefficient (Wildman–Crippen LogP) is 4.43. The number of H-pyrrole nitrogens is 1. The highest BCUT2D eigenvalue weighted by atomic mass is 32.1. The zero-order valence-corrected chi connectivity index (χ0v) is 26.8. The van der Waals surface area contributed by atoms with Crippen LogP contribution in [0.3, 0.4) is 0 Å². The molecule has 0 fully saturated rings. The lowest BCUT2D eigenvalue weighted by Crippen LogP contribution is -2.36. The number of aromatic amines is 1. The van der Waals surface area contributed by atoms with Gasteiger partial charge in [0.2, 0.25) is 11.2 Å². The SMILES string of the molecule is O=C(NCc1ccc(-c2cccc(C(O)(C(=O)O)c3ccccc3)c2)s1)c1ccc(CNCC(O)c2ccc(O)c3[nH]c(=O)ccc23)nc1. The van der Waals surface area contributed by atoms with Crippen LogP contribution in [0.25, 0.3) is 21.3 Å². The molecule has 0 saturated heterocycles. The number of aromatic hydroxyl groups is 1. The second kappa shape index (κ2) is 14.2. The van der Waals surface area contributed by atoms with Crippen molar-refractivity contribution in [3.8, 4) is 16.2 Å². The molecule has 0 spiro atoms. The molecule has 2 unspecified atom stereocenters. The number of carbonyl (C=O) groups excluding carboxylic acids is 1. The predicted molar refractivity (Wildman–Crippen MR) is 185 cm³/mol. The van der Waals surface area contributed by atoms with Gasteiger partial charge in [0.05, 0.1) is 29.4 Å². The average molecular weight is 677 g/mol. The lowest BCUT2D eigenvalue weighted by molar-refractivity contribution is -0.155. The summed E-state index contributed by atoms with van der Waals surface area (Å²) in [6.45, 7) is 0.789. The zero-order chi connectivity index (χ0) is 34.5. The number of hydrogen-bond donors (Lipinski definition) is 7. The maximum Gasteiger partial charge on any atom is 0.345 e. The Hall–Kier alpha value is -5.66. The third-order valence-electron chi connectivity index (χ3n) is 8.15. The topological polar surface area (TPSA) is 185 Å². The van der Waals surface area contributed by atoms with Gasteiger partial charge in [0.25, 0.3) is 5.91 Å². The number of hydrogen-bond acceptors (Lipinski definition) is 9. The van der Waals surface area contributed by atoms with Gasteiger partial charge in [-0.1, -0.05) is 54.6 Å². The molecule has 6 aromatic rings. The summed E-state index contributed by atoms with van der Waals surface area (Å²) in [5.41, 5.74) is 0.528. The molecular formula is C37H32N4O7S. The summed E-state index contributed by atoms with van der Waals surface area (Å²) in [6, 6.07) is 28.1. The lowest BCUT2D eigenvalue weighted by Gasteiger charge is -2.25. The maximum absolute atomic E-state index is 12.9. The van der Waals surface area contributed by atoms with Crippen molar-refractivity contribution < 1.29 is 30.0 Å². The third kappa shape index (κ3) is 7.12. The van der Waals surface area contributed by atoms with Gasteiger partial charge in [-0.15, -0.1) is 11.3 Å². The number of phenols is 1. The smallest absolute Gasteiger partial charge is 0.345 e. The molecule has 3 heterocycles. The molecular weight excluding hydrogens is 644 g/mol. The molecule has 3 aromatic heterocycles. The van der Waals surface area contributed by atoms with Crippen molar-refractivity contribution in [2.24, 2.45) is 0 Å². The first-order valence-corrected chi connectivity index (χ1v) is 16.1. The molecule has 248 valence electrons. The summed E-state index contributed by atoms with van der Waals surface area (Å²) in [6.07, 6.45) is 0.567. The van der Waals surface area contributed by atoms with Crippen molar-refractivity contribution in [3.63, 3.8) is 0 Å². The number of amides is 1. The molecule has 7 N–H and O–H groups in total. The van der Waals surface area contributed by atoms with Gasteiger partial charge < -0.3 is 36.0 Å². The number of nitrogens with one attached hydrogen (secondary N) is 3. The van der Waals surface area contributed by atoms with E-state index in [-0.39, 0.29) is 46.9 Å². The molecule has 0 aliphatic carbocycles. The van der Waals surface area contributed by atoms with Crippen LogP contribution in [0.15, 0.2) is 114 Å². The number of fused-ring (bicyclic) bond motifs is 1. The molecule has 3 aromatic carbocycles. The molecule has 12 heteroatoms.